The lowest BCUT2D eigenvalue weighted by Crippen LogP contribution is -2.15. The Balaban J connectivity index is 1.19. The predicted molar refractivity (Wildman–Crippen MR) is 255 cm³/mol. The number of rotatable bonds is 51. The van der Waals surface area contributed by atoms with Gasteiger partial charge in [-0.05, 0) is 17.5 Å². The van der Waals surface area contributed by atoms with E-state index < -0.39 is 0 Å². The summed E-state index contributed by atoms with van der Waals surface area (Å²) in [5, 5.41) is 0. The van der Waals surface area contributed by atoms with Crippen molar-refractivity contribution in [2.24, 2.45) is 0 Å². The minimum atomic E-state index is 0.330. The van der Waals surface area contributed by atoms with Crippen molar-refractivity contribution < 1.29 is 80.5 Å². The summed E-state index contributed by atoms with van der Waals surface area (Å²) in [6.45, 7) is 17.0. The van der Waals surface area contributed by atoms with E-state index in [9.17, 15) is 0 Å². The van der Waals surface area contributed by atoms with Gasteiger partial charge in [-0.1, -0.05) is 67.6 Å². The molecule has 0 radical (unpaired) electrons. The first-order chi connectivity index (χ1) is 33.8. The molecule has 0 aromatic heterocycles. The predicted octanol–water partition coefficient (Wildman–Crippen LogP) is 5.87. The van der Waals surface area contributed by atoms with E-state index in [2.05, 4.69) is 6.92 Å². The van der Waals surface area contributed by atoms with E-state index in [0.717, 1.165) is 24.2 Å². The third kappa shape index (κ3) is 36.5. The van der Waals surface area contributed by atoms with Gasteiger partial charge in [-0.15, -0.1) is 0 Å². The van der Waals surface area contributed by atoms with Crippen LogP contribution < -0.4 is 14.2 Å². The van der Waals surface area contributed by atoms with Crippen LogP contribution in [0.2, 0.25) is 0 Å². The van der Waals surface area contributed by atoms with Crippen LogP contribution in [0.25, 0.3) is 0 Å². The molecule has 0 fully saturated rings. The SMILES string of the molecule is CCCOCCOCCOCCOCCOc1cc(OCCOCCOCCOCCOCCOCc2ccccc2)cc(OCCOCCOCCOCCOCCOCc2ccccc2)c1. The molecule has 68 heavy (non-hydrogen) atoms. The molecule has 386 valence electrons. The first-order valence-corrected chi connectivity index (χ1v) is 24.0. The molecule has 0 aliphatic heterocycles. The highest BCUT2D eigenvalue weighted by molar-refractivity contribution is 5.42. The molecule has 0 spiro atoms. The lowest BCUT2D eigenvalue weighted by Gasteiger charge is -2.14. The highest BCUT2D eigenvalue weighted by Crippen LogP contribution is 2.28. The van der Waals surface area contributed by atoms with Crippen LogP contribution in [0.4, 0.5) is 0 Å². The van der Waals surface area contributed by atoms with Gasteiger partial charge in [-0.25, -0.2) is 0 Å². The van der Waals surface area contributed by atoms with Crippen molar-refractivity contribution in [1.29, 1.82) is 0 Å². The Hall–Kier alpha value is -3.50. The van der Waals surface area contributed by atoms with Crippen molar-refractivity contribution in [2.45, 2.75) is 26.6 Å². The second-order valence-electron chi connectivity index (χ2n) is 14.6. The summed E-state index contributed by atoms with van der Waals surface area (Å²) < 4.78 is 96.2. The fourth-order valence-corrected chi connectivity index (χ4v) is 5.64. The molecule has 0 saturated heterocycles. The molecule has 3 rings (SSSR count). The first kappa shape index (κ1) is 58.8. The molecule has 3 aromatic carbocycles. The summed E-state index contributed by atoms with van der Waals surface area (Å²) in [4.78, 5) is 0. The fourth-order valence-electron chi connectivity index (χ4n) is 5.64. The first-order valence-electron chi connectivity index (χ1n) is 24.0. The highest BCUT2D eigenvalue weighted by Gasteiger charge is 2.07. The van der Waals surface area contributed by atoms with E-state index in [1.54, 1.807) is 0 Å². The average molecular weight is 965 g/mol. The summed E-state index contributed by atoms with van der Waals surface area (Å²) >= 11 is 0. The van der Waals surface area contributed by atoms with Gasteiger partial charge in [0.25, 0.3) is 0 Å². The molecule has 0 bridgehead atoms. The molecular weight excluding hydrogens is 885 g/mol. The van der Waals surface area contributed by atoms with Crippen LogP contribution in [0, 0.1) is 0 Å². The Morgan fingerprint density at radius 1 is 0.235 bits per heavy atom. The number of benzene rings is 3. The zero-order valence-corrected chi connectivity index (χ0v) is 40.6. The quantitative estimate of drug-likeness (QED) is 0.0619. The van der Waals surface area contributed by atoms with Crippen LogP contribution in [0.3, 0.4) is 0 Å². The van der Waals surface area contributed by atoms with Gasteiger partial charge in [-0.3, -0.25) is 0 Å². The maximum Gasteiger partial charge on any atom is 0.126 e. The minimum absolute atomic E-state index is 0.330. The lowest BCUT2D eigenvalue weighted by molar-refractivity contribution is -0.0141. The van der Waals surface area contributed by atoms with Gasteiger partial charge in [0.15, 0.2) is 0 Å². The smallest absolute Gasteiger partial charge is 0.126 e. The molecular formula is C51H80O17. The van der Waals surface area contributed by atoms with E-state index in [4.69, 9.17) is 80.5 Å². The average Bonchev–Trinajstić information content (AvgIpc) is 3.36. The topological polar surface area (TPSA) is 157 Å². The van der Waals surface area contributed by atoms with E-state index in [-0.39, 0.29) is 0 Å². The van der Waals surface area contributed by atoms with Crippen LogP contribution in [-0.4, -0.2) is 192 Å². The Kier molecular flexibility index (Phi) is 39.7. The van der Waals surface area contributed by atoms with Crippen LogP contribution in [0.1, 0.15) is 24.5 Å². The summed E-state index contributed by atoms with van der Waals surface area (Å²) in [6, 6.07) is 25.6. The second-order valence-corrected chi connectivity index (χ2v) is 14.6. The van der Waals surface area contributed by atoms with Gasteiger partial charge in [0.1, 0.15) is 37.1 Å². The maximum absolute atomic E-state index is 5.99. The summed E-state index contributed by atoms with van der Waals surface area (Å²) in [7, 11) is 0. The van der Waals surface area contributed by atoms with Gasteiger partial charge in [-0.2, -0.15) is 0 Å². The Morgan fingerprint density at radius 2 is 0.441 bits per heavy atom. The van der Waals surface area contributed by atoms with Crippen molar-refractivity contribution in [3.63, 3.8) is 0 Å². The summed E-state index contributed by atoms with van der Waals surface area (Å²) in [5.41, 5.74) is 2.29. The van der Waals surface area contributed by atoms with Crippen LogP contribution in [0.15, 0.2) is 78.9 Å². The lowest BCUT2D eigenvalue weighted by atomic mass is 10.2. The van der Waals surface area contributed by atoms with Crippen molar-refractivity contribution in [1.82, 2.24) is 0 Å². The summed E-state index contributed by atoms with van der Waals surface area (Å²) in [6.07, 6.45) is 1.00. The Bertz CT molecular complexity index is 1400. The molecule has 17 nitrogen and oxygen atoms in total. The van der Waals surface area contributed by atoms with Gasteiger partial charge < -0.3 is 80.5 Å². The van der Waals surface area contributed by atoms with Crippen molar-refractivity contribution in [3.05, 3.63) is 90.0 Å². The van der Waals surface area contributed by atoms with Gasteiger partial charge in [0, 0.05) is 24.8 Å². The van der Waals surface area contributed by atoms with Crippen molar-refractivity contribution >= 4 is 0 Å². The third-order valence-corrected chi connectivity index (χ3v) is 9.01. The Morgan fingerprint density at radius 3 is 0.676 bits per heavy atom. The van der Waals surface area contributed by atoms with Crippen LogP contribution in [-0.2, 0) is 79.5 Å². The molecule has 0 atom stereocenters. The monoisotopic (exact) mass is 965 g/mol. The van der Waals surface area contributed by atoms with Crippen LogP contribution in [0.5, 0.6) is 17.2 Å². The number of ether oxygens (including phenoxy) is 17. The number of hydrogen-bond acceptors (Lipinski definition) is 17. The van der Waals surface area contributed by atoms with E-state index in [1.807, 2.05) is 78.9 Å². The van der Waals surface area contributed by atoms with Crippen molar-refractivity contribution in [2.75, 3.05) is 192 Å². The van der Waals surface area contributed by atoms with Gasteiger partial charge in [0.2, 0.25) is 0 Å². The Labute approximate surface area is 405 Å². The highest BCUT2D eigenvalue weighted by atomic mass is 16.6. The third-order valence-electron chi connectivity index (χ3n) is 9.01. The maximum atomic E-state index is 5.99. The standard InChI is InChI=1S/C51H80O17/c1-2-13-52-14-15-53-16-17-56-26-29-61-36-39-66-49-42-50(67-40-37-62-30-27-57-20-18-54-22-24-59-32-34-64-45-47-9-5-3-6-10-47)44-51(43-49)68-41-38-63-31-28-58-21-19-55-23-25-60-33-35-65-46-48-11-7-4-8-12-48/h3-12,42-44H,2,13-41,45-46H2,1H3. The molecule has 17 heteroatoms. The van der Waals surface area contributed by atoms with E-state index in [0.29, 0.717) is 215 Å². The molecule has 0 N–H and O–H groups in total. The molecule has 3 aromatic rings. The van der Waals surface area contributed by atoms with Gasteiger partial charge in [0.05, 0.1) is 178 Å². The number of hydrogen-bond donors (Lipinski definition) is 0. The zero-order chi connectivity index (χ0) is 47.7. The minimum Gasteiger partial charge on any atom is -0.491 e. The van der Waals surface area contributed by atoms with Gasteiger partial charge >= 0.3 is 0 Å². The van der Waals surface area contributed by atoms with E-state index >= 15 is 0 Å². The second kappa shape index (κ2) is 45.9. The fraction of sp³-hybridized carbons (Fsp3) is 0.647. The molecule has 0 saturated carbocycles. The van der Waals surface area contributed by atoms with Crippen molar-refractivity contribution in [3.8, 4) is 17.2 Å². The molecule has 0 aliphatic rings. The normalized spacial score (nSPS) is 11.4. The summed E-state index contributed by atoms with van der Waals surface area (Å²) in [5.74, 6) is 1.76. The molecule has 0 amide bonds. The zero-order valence-electron chi connectivity index (χ0n) is 40.6. The van der Waals surface area contributed by atoms with E-state index in [1.165, 1.54) is 0 Å². The molecule has 0 unspecified atom stereocenters. The molecule has 0 aliphatic carbocycles. The van der Waals surface area contributed by atoms with Crippen LogP contribution >= 0.6 is 0 Å². The molecule has 0 heterocycles. The largest absolute Gasteiger partial charge is 0.491 e.